The van der Waals surface area contributed by atoms with Crippen LogP contribution in [0.25, 0.3) is 0 Å². The van der Waals surface area contributed by atoms with Gasteiger partial charge in [-0.15, -0.1) is 0 Å². The topological polar surface area (TPSA) is 32.3 Å². The van der Waals surface area contributed by atoms with E-state index in [2.05, 4.69) is 5.32 Å². The van der Waals surface area contributed by atoms with Gasteiger partial charge in [0.15, 0.2) is 11.6 Å². The number of nitrogens with one attached hydrogen (secondary N) is 1. The van der Waals surface area contributed by atoms with Crippen molar-refractivity contribution in [3.05, 3.63) is 35.4 Å². The summed E-state index contributed by atoms with van der Waals surface area (Å²) in [6, 6.07) is 3.74. The van der Waals surface area contributed by atoms with E-state index in [0.717, 1.165) is 24.3 Å². The number of hydrogen-bond acceptors (Lipinski definition) is 3. The van der Waals surface area contributed by atoms with Crippen LogP contribution in [0.5, 0.6) is 0 Å². The maximum Gasteiger partial charge on any atom is 0.159 e. The van der Waals surface area contributed by atoms with Gasteiger partial charge in [0.1, 0.15) is 0 Å². The summed E-state index contributed by atoms with van der Waals surface area (Å²) in [6.07, 6.45) is 1.44. The molecule has 106 valence electrons. The van der Waals surface area contributed by atoms with Crippen LogP contribution in [0.15, 0.2) is 18.2 Å². The molecule has 1 aliphatic heterocycles. The highest BCUT2D eigenvalue weighted by Gasteiger charge is 2.22. The molecule has 0 amide bonds. The van der Waals surface area contributed by atoms with Gasteiger partial charge in [0.25, 0.3) is 0 Å². The highest BCUT2D eigenvalue weighted by Crippen LogP contribution is 2.22. The molecule has 2 nitrogen and oxygen atoms in total. The van der Waals surface area contributed by atoms with Crippen LogP contribution in [-0.2, 0) is 0 Å². The molecule has 0 unspecified atom stereocenters. The van der Waals surface area contributed by atoms with Crippen molar-refractivity contribution >= 4 is 11.8 Å². The summed E-state index contributed by atoms with van der Waals surface area (Å²) in [6.45, 7) is 1.87. The Labute approximate surface area is 116 Å². The third-order valence-corrected chi connectivity index (χ3v) is 4.63. The molecule has 1 saturated heterocycles. The van der Waals surface area contributed by atoms with Gasteiger partial charge in [-0.05, 0) is 43.2 Å². The molecule has 0 spiro atoms. The van der Waals surface area contributed by atoms with E-state index in [4.69, 9.17) is 0 Å². The molecule has 19 heavy (non-hydrogen) atoms. The molecule has 2 N–H and O–H groups in total. The predicted molar refractivity (Wildman–Crippen MR) is 74.3 cm³/mol. The molecule has 0 aromatic heterocycles. The lowest BCUT2D eigenvalue weighted by molar-refractivity contribution is 0.129. The van der Waals surface area contributed by atoms with Gasteiger partial charge in [-0.3, -0.25) is 0 Å². The average Bonchev–Trinajstić information content (AvgIpc) is 2.42. The predicted octanol–water partition coefficient (Wildman–Crippen LogP) is 2.87. The first-order valence-electron chi connectivity index (χ1n) is 6.54. The summed E-state index contributed by atoms with van der Waals surface area (Å²) in [7, 11) is 0. The maximum atomic E-state index is 13.2. The second kappa shape index (κ2) is 6.68. The van der Waals surface area contributed by atoms with E-state index in [1.54, 1.807) is 0 Å². The van der Waals surface area contributed by atoms with E-state index in [1.807, 2.05) is 18.7 Å². The maximum absolute atomic E-state index is 13.2. The first kappa shape index (κ1) is 14.8. The Kier molecular flexibility index (Phi) is 5.19. The Balaban J connectivity index is 1.97. The highest BCUT2D eigenvalue weighted by molar-refractivity contribution is 7.99. The van der Waals surface area contributed by atoms with Crippen molar-refractivity contribution in [2.24, 2.45) is 0 Å². The van der Waals surface area contributed by atoms with Crippen LogP contribution in [0.2, 0.25) is 0 Å². The molecule has 1 fully saturated rings. The summed E-state index contributed by atoms with van der Waals surface area (Å²) in [5, 5.41) is 13.5. The fourth-order valence-electron chi connectivity index (χ4n) is 2.32. The molecular formula is C14H19F2NOS. The van der Waals surface area contributed by atoms with Gasteiger partial charge in [0.05, 0.1) is 6.10 Å². The van der Waals surface area contributed by atoms with Gasteiger partial charge in [0.2, 0.25) is 0 Å². The highest BCUT2D eigenvalue weighted by atomic mass is 32.2. The lowest BCUT2D eigenvalue weighted by Crippen LogP contribution is -2.42. The van der Waals surface area contributed by atoms with E-state index in [0.29, 0.717) is 11.6 Å². The Morgan fingerprint density at radius 3 is 2.79 bits per heavy atom. The minimum atomic E-state index is -0.919. The number of aliphatic hydroxyl groups is 1. The van der Waals surface area contributed by atoms with E-state index in [-0.39, 0.29) is 6.04 Å². The third-order valence-electron chi connectivity index (χ3n) is 3.42. The fourth-order valence-corrected chi connectivity index (χ4v) is 3.40. The molecule has 0 bridgehead atoms. The second-order valence-electron chi connectivity index (χ2n) is 4.99. The molecule has 0 aliphatic carbocycles. The van der Waals surface area contributed by atoms with Crippen LogP contribution < -0.4 is 5.32 Å². The van der Waals surface area contributed by atoms with E-state index < -0.39 is 17.7 Å². The number of halogens is 2. The van der Waals surface area contributed by atoms with Crippen LogP contribution in [0.4, 0.5) is 8.78 Å². The van der Waals surface area contributed by atoms with Gasteiger partial charge < -0.3 is 10.4 Å². The van der Waals surface area contributed by atoms with Gasteiger partial charge in [-0.1, -0.05) is 6.07 Å². The molecule has 0 radical (unpaired) electrons. The van der Waals surface area contributed by atoms with Crippen LogP contribution in [-0.4, -0.2) is 28.7 Å². The lowest BCUT2D eigenvalue weighted by Gasteiger charge is -2.29. The molecule has 1 aromatic carbocycles. The van der Waals surface area contributed by atoms with Crippen molar-refractivity contribution in [1.82, 2.24) is 5.32 Å². The molecule has 0 saturated carbocycles. The van der Waals surface area contributed by atoms with Gasteiger partial charge in [0, 0.05) is 17.8 Å². The van der Waals surface area contributed by atoms with E-state index in [9.17, 15) is 13.9 Å². The molecular weight excluding hydrogens is 268 g/mol. The number of benzene rings is 1. The largest absolute Gasteiger partial charge is 0.387 e. The molecule has 1 aliphatic rings. The number of thioether (sulfide) groups is 1. The van der Waals surface area contributed by atoms with Crippen molar-refractivity contribution in [2.75, 3.05) is 11.5 Å². The van der Waals surface area contributed by atoms with Crippen molar-refractivity contribution in [1.29, 1.82) is 0 Å². The zero-order valence-electron chi connectivity index (χ0n) is 10.9. The van der Waals surface area contributed by atoms with Crippen LogP contribution >= 0.6 is 11.8 Å². The number of aliphatic hydroxyl groups excluding tert-OH is 1. The smallest absolute Gasteiger partial charge is 0.159 e. The van der Waals surface area contributed by atoms with Crippen molar-refractivity contribution in [3.8, 4) is 0 Å². The molecule has 5 heteroatoms. The third kappa shape index (κ3) is 3.91. The zero-order valence-corrected chi connectivity index (χ0v) is 11.7. The van der Waals surface area contributed by atoms with E-state index in [1.165, 1.54) is 18.2 Å². The van der Waals surface area contributed by atoms with Gasteiger partial charge >= 0.3 is 0 Å². The monoisotopic (exact) mass is 287 g/mol. The SMILES string of the molecule is C[C@H](N[C@@H]1CCCSC1)[C@H](O)c1ccc(F)c(F)c1. The van der Waals surface area contributed by atoms with Crippen molar-refractivity contribution in [2.45, 2.75) is 38.0 Å². The number of rotatable bonds is 4. The van der Waals surface area contributed by atoms with E-state index >= 15 is 0 Å². The second-order valence-corrected chi connectivity index (χ2v) is 6.14. The summed E-state index contributed by atoms with van der Waals surface area (Å²) in [5.41, 5.74) is 0.405. The van der Waals surface area contributed by atoms with Crippen molar-refractivity contribution in [3.63, 3.8) is 0 Å². The molecule has 1 heterocycles. The molecule has 3 atom stereocenters. The summed E-state index contributed by atoms with van der Waals surface area (Å²) < 4.78 is 26.0. The number of hydrogen-bond donors (Lipinski definition) is 2. The lowest BCUT2D eigenvalue weighted by atomic mass is 10.0. The normalized spacial score (nSPS) is 23.1. The standard InChI is InChI=1S/C14H19F2NOS/c1-9(17-11-3-2-6-19-8-11)14(18)10-4-5-12(15)13(16)7-10/h4-5,7,9,11,14,17-18H,2-3,6,8H2,1H3/t9-,11+,14-/m0/s1. The molecule has 1 aromatic rings. The summed E-state index contributed by atoms with van der Waals surface area (Å²) >= 11 is 1.90. The average molecular weight is 287 g/mol. The Morgan fingerprint density at radius 1 is 1.37 bits per heavy atom. The Hall–Kier alpha value is -0.650. The van der Waals surface area contributed by atoms with Crippen LogP contribution in [0.3, 0.4) is 0 Å². The quantitative estimate of drug-likeness (QED) is 0.893. The van der Waals surface area contributed by atoms with Crippen molar-refractivity contribution < 1.29 is 13.9 Å². The van der Waals surface area contributed by atoms with Crippen LogP contribution in [0.1, 0.15) is 31.4 Å². The zero-order chi connectivity index (χ0) is 13.8. The van der Waals surface area contributed by atoms with Gasteiger partial charge in [-0.25, -0.2) is 8.78 Å². The summed E-state index contributed by atoms with van der Waals surface area (Å²) in [5.74, 6) is 0.421. The minimum Gasteiger partial charge on any atom is -0.387 e. The van der Waals surface area contributed by atoms with Crippen LogP contribution in [0, 0.1) is 11.6 Å². The minimum absolute atomic E-state index is 0.187. The molecule has 2 rings (SSSR count). The first-order valence-corrected chi connectivity index (χ1v) is 7.70. The Bertz CT molecular complexity index is 424. The summed E-state index contributed by atoms with van der Waals surface area (Å²) in [4.78, 5) is 0. The van der Waals surface area contributed by atoms with Gasteiger partial charge in [-0.2, -0.15) is 11.8 Å². The first-order chi connectivity index (χ1) is 9.08. The Morgan fingerprint density at radius 2 is 2.16 bits per heavy atom. The fraction of sp³-hybridized carbons (Fsp3) is 0.571.